The highest BCUT2D eigenvalue weighted by molar-refractivity contribution is 6.06. The molecule has 1 aliphatic rings. The lowest BCUT2D eigenvalue weighted by molar-refractivity contribution is -0.133. The van der Waals surface area contributed by atoms with Gasteiger partial charge in [0.1, 0.15) is 5.76 Å². The largest absolute Gasteiger partial charge is 0.423 e. The minimum absolute atomic E-state index is 0.196. The molecule has 0 aliphatic carbocycles. The minimum Gasteiger partial charge on any atom is -0.423 e. The van der Waals surface area contributed by atoms with Crippen molar-refractivity contribution in [2.24, 2.45) is 0 Å². The second-order valence-corrected chi connectivity index (χ2v) is 4.01. The Balaban J connectivity index is 2.54. The molecule has 0 N–H and O–H groups in total. The van der Waals surface area contributed by atoms with Crippen LogP contribution in [-0.4, -0.2) is 5.97 Å². The number of allylic oxidation sites excluding steroid dienone is 2. The van der Waals surface area contributed by atoms with Gasteiger partial charge < -0.3 is 4.74 Å². The maximum atomic E-state index is 11.8. The van der Waals surface area contributed by atoms with Gasteiger partial charge >= 0.3 is 5.97 Å². The first-order valence-electron chi connectivity index (χ1n) is 5.95. The predicted octanol–water partition coefficient (Wildman–Crippen LogP) is 3.70. The molecule has 1 aromatic carbocycles. The van der Waals surface area contributed by atoms with Crippen molar-refractivity contribution in [3.05, 3.63) is 53.3 Å². The van der Waals surface area contributed by atoms with Crippen molar-refractivity contribution in [2.45, 2.75) is 26.7 Å². The van der Waals surface area contributed by atoms with Crippen molar-refractivity contribution in [3.63, 3.8) is 0 Å². The number of cyclic esters (lactones) is 1. The molecule has 0 radical (unpaired) electrons. The Morgan fingerprint density at radius 1 is 1.24 bits per heavy atom. The lowest BCUT2D eigenvalue weighted by Gasteiger charge is -2.04. The molecule has 2 heteroatoms. The number of hydrogen-bond donors (Lipinski definition) is 0. The first kappa shape index (κ1) is 11.6. The van der Waals surface area contributed by atoms with Crippen molar-refractivity contribution >= 4 is 11.5 Å². The fraction of sp³-hybridized carbons (Fsp3) is 0.267. The van der Waals surface area contributed by atoms with Crippen LogP contribution in [-0.2, 0) is 9.53 Å². The molecule has 0 aromatic heterocycles. The molecule has 2 rings (SSSR count). The summed E-state index contributed by atoms with van der Waals surface area (Å²) in [6.07, 6.45) is 3.56. The highest BCUT2D eigenvalue weighted by atomic mass is 16.5. The van der Waals surface area contributed by atoms with E-state index in [0.717, 1.165) is 29.6 Å². The Hall–Kier alpha value is -1.83. The molecule has 0 atom stereocenters. The molecule has 1 aromatic rings. The number of carbonyl (C=O) groups excluding carboxylic acids is 1. The van der Waals surface area contributed by atoms with E-state index in [1.54, 1.807) is 0 Å². The van der Waals surface area contributed by atoms with Crippen LogP contribution in [0.25, 0.3) is 5.57 Å². The number of rotatable bonds is 3. The van der Waals surface area contributed by atoms with E-state index in [-0.39, 0.29) is 5.97 Å². The smallest absolute Gasteiger partial charge is 0.340 e. The average molecular weight is 228 g/mol. The summed E-state index contributed by atoms with van der Waals surface area (Å²) in [5.74, 6) is 0.489. The molecule has 17 heavy (non-hydrogen) atoms. The minimum atomic E-state index is -0.196. The van der Waals surface area contributed by atoms with Gasteiger partial charge in [0.25, 0.3) is 0 Å². The maximum Gasteiger partial charge on any atom is 0.340 e. The number of benzene rings is 1. The maximum absolute atomic E-state index is 11.8. The zero-order valence-corrected chi connectivity index (χ0v) is 10.2. The Morgan fingerprint density at radius 2 is 1.94 bits per heavy atom. The van der Waals surface area contributed by atoms with Crippen LogP contribution in [0.4, 0.5) is 0 Å². The van der Waals surface area contributed by atoms with E-state index in [0.29, 0.717) is 5.76 Å². The van der Waals surface area contributed by atoms with E-state index >= 15 is 0 Å². The van der Waals surface area contributed by atoms with Crippen LogP contribution in [0, 0.1) is 0 Å². The van der Waals surface area contributed by atoms with Crippen LogP contribution in [0.1, 0.15) is 32.3 Å². The highest BCUT2D eigenvalue weighted by Gasteiger charge is 2.29. The standard InChI is InChI=1S/C15H16O2/c1-3-8-12-14(11-9-6-5-7-10-11)13(4-2)17-15(12)16/h4-7,9-10H,3,8H2,1-2H3/b13-4-. The number of esters is 1. The van der Waals surface area contributed by atoms with Gasteiger partial charge in [-0.05, 0) is 25.0 Å². The molecule has 88 valence electrons. The van der Waals surface area contributed by atoms with E-state index in [1.165, 1.54) is 0 Å². The Labute approximate surface area is 102 Å². The Kier molecular flexibility index (Phi) is 3.43. The second kappa shape index (κ2) is 5.00. The molecule has 0 fully saturated rings. The lowest BCUT2D eigenvalue weighted by Crippen LogP contribution is -1.98. The van der Waals surface area contributed by atoms with Crippen molar-refractivity contribution in [1.82, 2.24) is 0 Å². The van der Waals surface area contributed by atoms with Crippen LogP contribution >= 0.6 is 0 Å². The third-order valence-electron chi connectivity index (χ3n) is 2.82. The molecule has 0 saturated carbocycles. The van der Waals surface area contributed by atoms with Crippen molar-refractivity contribution in [2.75, 3.05) is 0 Å². The summed E-state index contributed by atoms with van der Waals surface area (Å²) in [5.41, 5.74) is 2.81. The third-order valence-corrected chi connectivity index (χ3v) is 2.82. The number of hydrogen-bond acceptors (Lipinski definition) is 2. The molecule has 0 spiro atoms. The van der Waals surface area contributed by atoms with Gasteiger partial charge in [0, 0.05) is 11.1 Å². The summed E-state index contributed by atoms with van der Waals surface area (Å²) in [6.45, 7) is 3.96. The molecule has 0 saturated heterocycles. The number of ether oxygens (including phenoxy) is 1. The monoisotopic (exact) mass is 228 g/mol. The van der Waals surface area contributed by atoms with Crippen LogP contribution in [0.2, 0.25) is 0 Å². The molecule has 2 nitrogen and oxygen atoms in total. The summed E-state index contributed by atoms with van der Waals surface area (Å²) in [5, 5.41) is 0. The van der Waals surface area contributed by atoms with E-state index in [1.807, 2.05) is 43.3 Å². The van der Waals surface area contributed by atoms with Crippen LogP contribution in [0.15, 0.2) is 47.7 Å². The van der Waals surface area contributed by atoms with E-state index in [4.69, 9.17) is 4.74 Å². The van der Waals surface area contributed by atoms with Crippen LogP contribution < -0.4 is 0 Å². The molecule has 0 bridgehead atoms. The van der Waals surface area contributed by atoms with Crippen LogP contribution in [0.5, 0.6) is 0 Å². The third kappa shape index (κ3) is 2.16. The molecule has 0 unspecified atom stereocenters. The average Bonchev–Trinajstić information content (AvgIpc) is 2.68. The van der Waals surface area contributed by atoms with E-state index in [9.17, 15) is 4.79 Å². The van der Waals surface area contributed by atoms with Gasteiger partial charge in [-0.15, -0.1) is 0 Å². The molecule has 0 amide bonds. The lowest BCUT2D eigenvalue weighted by atomic mass is 9.97. The van der Waals surface area contributed by atoms with Gasteiger partial charge in [-0.3, -0.25) is 0 Å². The molecule has 1 heterocycles. The van der Waals surface area contributed by atoms with E-state index < -0.39 is 0 Å². The van der Waals surface area contributed by atoms with Crippen molar-refractivity contribution in [3.8, 4) is 0 Å². The zero-order chi connectivity index (χ0) is 12.3. The first-order chi connectivity index (χ1) is 8.27. The SMILES string of the molecule is C/C=C1\OC(=O)C(CCC)=C1c1ccccc1. The fourth-order valence-corrected chi connectivity index (χ4v) is 2.06. The zero-order valence-electron chi connectivity index (χ0n) is 10.2. The summed E-state index contributed by atoms with van der Waals surface area (Å²) in [7, 11) is 0. The molecule has 1 aliphatic heterocycles. The van der Waals surface area contributed by atoms with Crippen LogP contribution in [0.3, 0.4) is 0 Å². The summed E-state index contributed by atoms with van der Waals surface area (Å²) < 4.78 is 5.29. The molecular weight excluding hydrogens is 212 g/mol. The Morgan fingerprint density at radius 3 is 2.53 bits per heavy atom. The van der Waals surface area contributed by atoms with Gasteiger partial charge in [0.05, 0.1) is 0 Å². The summed E-state index contributed by atoms with van der Waals surface area (Å²) >= 11 is 0. The van der Waals surface area contributed by atoms with Crippen molar-refractivity contribution in [1.29, 1.82) is 0 Å². The van der Waals surface area contributed by atoms with Gasteiger partial charge in [-0.25, -0.2) is 4.79 Å². The van der Waals surface area contributed by atoms with Gasteiger partial charge in [0.2, 0.25) is 0 Å². The van der Waals surface area contributed by atoms with E-state index in [2.05, 4.69) is 6.92 Å². The molecular formula is C15H16O2. The highest BCUT2D eigenvalue weighted by Crippen LogP contribution is 2.36. The fourth-order valence-electron chi connectivity index (χ4n) is 2.06. The van der Waals surface area contributed by atoms with Crippen molar-refractivity contribution < 1.29 is 9.53 Å². The summed E-state index contributed by atoms with van der Waals surface area (Å²) in [6, 6.07) is 9.94. The topological polar surface area (TPSA) is 26.3 Å². The number of carbonyl (C=O) groups is 1. The summed E-state index contributed by atoms with van der Waals surface area (Å²) in [4.78, 5) is 11.8. The van der Waals surface area contributed by atoms with Gasteiger partial charge in [0.15, 0.2) is 0 Å². The quantitative estimate of drug-likeness (QED) is 0.737. The predicted molar refractivity (Wildman–Crippen MR) is 68.1 cm³/mol. The van der Waals surface area contributed by atoms with Gasteiger partial charge in [-0.1, -0.05) is 43.7 Å². The Bertz CT molecular complexity index is 481. The normalized spacial score (nSPS) is 17.8. The second-order valence-electron chi connectivity index (χ2n) is 4.01. The van der Waals surface area contributed by atoms with Gasteiger partial charge in [-0.2, -0.15) is 0 Å². The first-order valence-corrected chi connectivity index (χ1v) is 5.95.